The number of carbonyl (C=O) groups excluding carboxylic acids is 1. The molecule has 0 aliphatic rings. The molecule has 88 valence electrons. The molecule has 0 amide bonds. The van der Waals surface area contributed by atoms with Gasteiger partial charge in [-0.3, -0.25) is 4.79 Å². The molecule has 0 aliphatic heterocycles. The first-order chi connectivity index (χ1) is 7.63. The van der Waals surface area contributed by atoms with Crippen molar-refractivity contribution in [3.05, 3.63) is 30.1 Å². The molecule has 4 heteroatoms. The lowest BCUT2D eigenvalue weighted by molar-refractivity contribution is -0.142. The molecule has 0 saturated heterocycles. The number of esters is 1. The van der Waals surface area contributed by atoms with Gasteiger partial charge in [-0.15, -0.1) is 0 Å². The second-order valence-corrected chi connectivity index (χ2v) is 3.45. The van der Waals surface area contributed by atoms with Crippen LogP contribution in [0.3, 0.4) is 0 Å². The van der Waals surface area contributed by atoms with E-state index in [1.165, 1.54) is 12.1 Å². The van der Waals surface area contributed by atoms with Gasteiger partial charge in [0, 0.05) is 19.3 Å². The lowest BCUT2D eigenvalue weighted by atomic mass is 10.3. The topological polar surface area (TPSA) is 29.5 Å². The van der Waals surface area contributed by atoms with Crippen LogP contribution in [0.25, 0.3) is 0 Å². The second kappa shape index (κ2) is 6.10. The van der Waals surface area contributed by atoms with Crippen molar-refractivity contribution in [1.82, 2.24) is 0 Å². The van der Waals surface area contributed by atoms with Crippen molar-refractivity contribution >= 4 is 11.7 Å². The molecule has 0 unspecified atom stereocenters. The Balaban J connectivity index is 2.43. The van der Waals surface area contributed by atoms with Gasteiger partial charge in [0.25, 0.3) is 0 Å². The average Bonchev–Trinajstić information content (AvgIpc) is 2.27. The van der Waals surface area contributed by atoms with Crippen LogP contribution in [0.1, 0.15) is 13.3 Å². The molecule has 0 aliphatic carbocycles. The van der Waals surface area contributed by atoms with Gasteiger partial charge in [0.05, 0.1) is 13.0 Å². The zero-order valence-electron chi connectivity index (χ0n) is 9.57. The van der Waals surface area contributed by atoms with Gasteiger partial charge >= 0.3 is 5.97 Å². The first kappa shape index (κ1) is 12.5. The van der Waals surface area contributed by atoms with Crippen molar-refractivity contribution in [3.63, 3.8) is 0 Å². The Bertz CT molecular complexity index is 337. The summed E-state index contributed by atoms with van der Waals surface area (Å²) < 4.78 is 17.5. The summed E-state index contributed by atoms with van der Waals surface area (Å²) in [5, 5.41) is 0. The quantitative estimate of drug-likeness (QED) is 0.719. The molecular weight excluding hydrogens is 209 g/mol. The maximum absolute atomic E-state index is 12.7. The minimum atomic E-state index is -0.262. The van der Waals surface area contributed by atoms with Gasteiger partial charge in [-0.25, -0.2) is 4.39 Å². The van der Waals surface area contributed by atoms with Crippen molar-refractivity contribution in [2.24, 2.45) is 0 Å². The SMILES string of the molecule is CCOC(=O)CCN(C)c1ccc(F)cc1. The van der Waals surface area contributed by atoms with Gasteiger partial charge in [0.1, 0.15) is 5.82 Å². The highest BCUT2D eigenvalue weighted by molar-refractivity contribution is 5.70. The Morgan fingerprint density at radius 3 is 2.56 bits per heavy atom. The number of carbonyl (C=O) groups is 1. The maximum atomic E-state index is 12.7. The van der Waals surface area contributed by atoms with Crippen LogP contribution >= 0.6 is 0 Å². The van der Waals surface area contributed by atoms with Gasteiger partial charge in [0.2, 0.25) is 0 Å². The molecular formula is C12H16FNO2. The summed E-state index contributed by atoms with van der Waals surface area (Å²) >= 11 is 0. The van der Waals surface area contributed by atoms with Gasteiger partial charge < -0.3 is 9.64 Å². The zero-order chi connectivity index (χ0) is 12.0. The number of hydrogen-bond donors (Lipinski definition) is 0. The maximum Gasteiger partial charge on any atom is 0.307 e. The van der Waals surface area contributed by atoms with E-state index < -0.39 is 0 Å². The fourth-order valence-electron chi connectivity index (χ4n) is 1.32. The molecule has 0 spiro atoms. The predicted molar refractivity (Wildman–Crippen MR) is 60.9 cm³/mol. The van der Waals surface area contributed by atoms with Crippen LogP contribution in [0, 0.1) is 5.82 Å². The van der Waals surface area contributed by atoms with Crippen LogP contribution in [-0.2, 0) is 9.53 Å². The van der Waals surface area contributed by atoms with E-state index in [1.807, 2.05) is 11.9 Å². The summed E-state index contributed by atoms with van der Waals surface area (Å²) in [5.41, 5.74) is 0.880. The Hall–Kier alpha value is -1.58. The number of nitrogens with zero attached hydrogens (tertiary/aromatic N) is 1. The van der Waals surface area contributed by atoms with E-state index in [-0.39, 0.29) is 11.8 Å². The summed E-state index contributed by atoms with van der Waals surface area (Å²) in [6.45, 7) is 2.74. The fraction of sp³-hybridized carbons (Fsp3) is 0.417. The third-order valence-corrected chi connectivity index (χ3v) is 2.22. The Kier molecular flexibility index (Phi) is 4.76. The average molecular weight is 225 g/mol. The monoisotopic (exact) mass is 225 g/mol. The van der Waals surface area contributed by atoms with Gasteiger partial charge in [-0.1, -0.05) is 0 Å². The van der Waals surface area contributed by atoms with Crippen LogP contribution in [0.15, 0.2) is 24.3 Å². The van der Waals surface area contributed by atoms with Crippen LogP contribution in [0.5, 0.6) is 0 Å². The molecule has 0 atom stereocenters. The molecule has 0 heterocycles. The Morgan fingerprint density at radius 2 is 2.00 bits per heavy atom. The van der Waals surface area contributed by atoms with Crippen LogP contribution in [0.4, 0.5) is 10.1 Å². The summed E-state index contributed by atoms with van der Waals surface area (Å²) in [6.07, 6.45) is 0.335. The highest BCUT2D eigenvalue weighted by Crippen LogP contribution is 2.13. The summed E-state index contributed by atoms with van der Waals surface area (Å²) in [5.74, 6) is -0.473. The van der Waals surface area contributed by atoms with Crippen molar-refractivity contribution < 1.29 is 13.9 Å². The molecule has 0 aromatic heterocycles. The highest BCUT2D eigenvalue weighted by atomic mass is 19.1. The largest absolute Gasteiger partial charge is 0.466 e. The van der Waals surface area contributed by atoms with Crippen molar-refractivity contribution in [2.45, 2.75) is 13.3 Å². The van der Waals surface area contributed by atoms with Gasteiger partial charge in [0.15, 0.2) is 0 Å². The first-order valence-corrected chi connectivity index (χ1v) is 5.25. The highest BCUT2D eigenvalue weighted by Gasteiger charge is 2.05. The summed E-state index contributed by atoms with van der Waals surface area (Å²) in [6, 6.07) is 6.16. The van der Waals surface area contributed by atoms with Crippen LogP contribution in [0.2, 0.25) is 0 Å². The summed E-state index contributed by atoms with van der Waals surface area (Å²) in [7, 11) is 1.85. The molecule has 1 aromatic carbocycles. The Labute approximate surface area is 94.8 Å². The minimum Gasteiger partial charge on any atom is -0.466 e. The minimum absolute atomic E-state index is 0.212. The molecule has 3 nitrogen and oxygen atoms in total. The standard InChI is InChI=1S/C12H16FNO2/c1-3-16-12(15)8-9-14(2)11-6-4-10(13)5-7-11/h4-7H,3,8-9H2,1-2H3. The van der Waals surface area contributed by atoms with Crippen molar-refractivity contribution in [3.8, 4) is 0 Å². The van der Waals surface area contributed by atoms with Gasteiger partial charge in [-0.05, 0) is 31.2 Å². The molecule has 16 heavy (non-hydrogen) atoms. The van der Waals surface area contributed by atoms with Gasteiger partial charge in [-0.2, -0.15) is 0 Å². The molecule has 1 rings (SSSR count). The third-order valence-electron chi connectivity index (χ3n) is 2.22. The summed E-state index contributed by atoms with van der Waals surface area (Å²) in [4.78, 5) is 13.0. The smallest absolute Gasteiger partial charge is 0.307 e. The van der Waals surface area contributed by atoms with Crippen LogP contribution in [-0.4, -0.2) is 26.2 Å². The second-order valence-electron chi connectivity index (χ2n) is 3.45. The van der Waals surface area contributed by atoms with E-state index in [9.17, 15) is 9.18 Å². The predicted octanol–water partition coefficient (Wildman–Crippen LogP) is 2.22. The zero-order valence-corrected chi connectivity index (χ0v) is 9.57. The van der Waals surface area contributed by atoms with Crippen molar-refractivity contribution in [1.29, 1.82) is 0 Å². The Morgan fingerprint density at radius 1 is 1.38 bits per heavy atom. The van der Waals surface area contributed by atoms with E-state index in [0.29, 0.717) is 19.6 Å². The van der Waals surface area contributed by atoms with E-state index in [4.69, 9.17) is 4.74 Å². The first-order valence-electron chi connectivity index (χ1n) is 5.25. The normalized spacial score (nSPS) is 9.94. The number of rotatable bonds is 5. The lowest BCUT2D eigenvalue weighted by Gasteiger charge is -2.18. The molecule has 0 saturated carbocycles. The number of halogens is 1. The van der Waals surface area contributed by atoms with Crippen LogP contribution < -0.4 is 4.90 Å². The lowest BCUT2D eigenvalue weighted by Crippen LogP contribution is -2.21. The number of anilines is 1. The number of hydrogen-bond acceptors (Lipinski definition) is 3. The number of ether oxygens (including phenoxy) is 1. The molecule has 0 fully saturated rings. The third kappa shape index (κ3) is 3.88. The molecule has 1 aromatic rings. The molecule has 0 radical (unpaired) electrons. The van der Waals surface area contributed by atoms with Crippen molar-refractivity contribution in [2.75, 3.05) is 25.1 Å². The van der Waals surface area contributed by atoms with E-state index in [0.717, 1.165) is 5.69 Å². The van der Waals surface area contributed by atoms with E-state index in [2.05, 4.69) is 0 Å². The fourth-order valence-corrected chi connectivity index (χ4v) is 1.32. The molecule has 0 N–H and O–H groups in total. The van der Waals surface area contributed by atoms with E-state index in [1.54, 1.807) is 19.1 Å². The number of benzene rings is 1. The van der Waals surface area contributed by atoms with E-state index >= 15 is 0 Å². The molecule has 0 bridgehead atoms.